The Bertz CT molecular complexity index is 635. The lowest BCUT2D eigenvalue weighted by Gasteiger charge is -2.36. The van der Waals surface area contributed by atoms with Gasteiger partial charge in [-0.3, -0.25) is 4.79 Å². The summed E-state index contributed by atoms with van der Waals surface area (Å²) in [5.74, 6) is -0.0919. The molecule has 0 radical (unpaired) electrons. The third-order valence-electron chi connectivity index (χ3n) is 3.53. The highest BCUT2D eigenvalue weighted by Crippen LogP contribution is 2.25. The Morgan fingerprint density at radius 1 is 1.24 bits per heavy atom. The predicted octanol–water partition coefficient (Wildman–Crippen LogP) is 0.429. The van der Waals surface area contributed by atoms with Crippen LogP contribution in [0.15, 0.2) is 41.8 Å². The molecule has 1 fully saturated rings. The molecule has 21 heavy (non-hydrogen) atoms. The number of nitrogens with one attached hydrogen (secondary N) is 1. The van der Waals surface area contributed by atoms with Crippen LogP contribution in [0.1, 0.15) is 0 Å². The summed E-state index contributed by atoms with van der Waals surface area (Å²) < 4.78 is 26.5. The molecule has 0 unspecified atom stereocenters. The molecule has 1 aromatic carbocycles. The SMILES string of the molecule is C=CC(=O)N1CCN(c2ccccc2S(=O)(=O)NC)CC1. The van der Waals surface area contributed by atoms with Crippen LogP contribution >= 0.6 is 0 Å². The lowest BCUT2D eigenvalue weighted by Crippen LogP contribution is -2.48. The number of benzene rings is 1. The van der Waals surface area contributed by atoms with Crippen molar-refractivity contribution in [2.24, 2.45) is 0 Å². The molecule has 0 spiro atoms. The van der Waals surface area contributed by atoms with Crippen LogP contribution in [0.3, 0.4) is 0 Å². The van der Waals surface area contributed by atoms with E-state index in [0.717, 1.165) is 0 Å². The van der Waals surface area contributed by atoms with Crippen molar-refractivity contribution in [1.82, 2.24) is 9.62 Å². The summed E-state index contributed by atoms with van der Waals surface area (Å²) in [5.41, 5.74) is 0.664. The molecular formula is C14H19N3O3S. The average molecular weight is 309 g/mol. The number of carbonyl (C=O) groups is 1. The first-order chi connectivity index (χ1) is 9.99. The second-order valence-corrected chi connectivity index (χ2v) is 6.55. The van der Waals surface area contributed by atoms with Crippen LogP contribution < -0.4 is 9.62 Å². The van der Waals surface area contributed by atoms with Crippen molar-refractivity contribution in [1.29, 1.82) is 0 Å². The molecule has 7 heteroatoms. The molecule has 0 bridgehead atoms. The first kappa shape index (κ1) is 15.5. The van der Waals surface area contributed by atoms with Gasteiger partial charge in [-0.2, -0.15) is 0 Å². The van der Waals surface area contributed by atoms with Crippen LogP contribution in [0.25, 0.3) is 0 Å². The maximum Gasteiger partial charge on any atom is 0.246 e. The second kappa shape index (κ2) is 6.28. The highest BCUT2D eigenvalue weighted by molar-refractivity contribution is 7.89. The number of piperazine rings is 1. The van der Waals surface area contributed by atoms with Gasteiger partial charge in [0, 0.05) is 26.2 Å². The molecule has 0 atom stereocenters. The quantitative estimate of drug-likeness (QED) is 0.819. The zero-order valence-electron chi connectivity index (χ0n) is 11.9. The van der Waals surface area contributed by atoms with Crippen molar-refractivity contribution in [3.63, 3.8) is 0 Å². The van der Waals surface area contributed by atoms with Crippen molar-refractivity contribution < 1.29 is 13.2 Å². The first-order valence-corrected chi connectivity index (χ1v) is 8.17. The van der Waals surface area contributed by atoms with E-state index >= 15 is 0 Å². The van der Waals surface area contributed by atoms with E-state index < -0.39 is 10.0 Å². The van der Waals surface area contributed by atoms with E-state index in [9.17, 15) is 13.2 Å². The second-order valence-electron chi connectivity index (χ2n) is 4.69. The van der Waals surface area contributed by atoms with E-state index in [4.69, 9.17) is 0 Å². The highest BCUT2D eigenvalue weighted by Gasteiger charge is 2.24. The third kappa shape index (κ3) is 3.25. The van der Waals surface area contributed by atoms with Crippen molar-refractivity contribution in [2.75, 3.05) is 38.1 Å². The number of rotatable bonds is 4. The molecule has 2 rings (SSSR count). The van der Waals surface area contributed by atoms with E-state index in [-0.39, 0.29) is 10.8 Å². The number of hydrogen-bond acceptors (Lipinski definition) is 4. The Morgan fingerprint density at radius 2 is 1.86 bits per heavy atom. The molecule has 0 aliphatic carbocycles. The van der Waals surface area contributed by atoms with E-state index in [1.165, 1.54) is 13.1 Å². The molecular weight excluding hydrogens is 290 g/mol. The van der Waals surface area contributed by atoms with Gasteiger partial charge < -0.3 is 9.80 Å². The first-order valence-electron chi connectivity index (χ1n) is 6.68. The Kier molecular flexibility index (Phi) is 4.64. The number of hydrogen-bond donors (Lipinski definition) is 1. The highest BCUT2D eigenvalue weighted by atomic mass is 32.2. The molecule has 1 aromatic rings. The fourth-order valence-electron chi connectivity index (χ4n) is 2.35. The van der Waals surface area contributed by atoms with Crippen LogP contribution in [-0.4, -0.2) is 52.5 Å². The predicted molar refractivity (Wildman–Crippen MR) is 81.7 cm³/mol. The van der Waals surface area contributed by atoms with Crippen molar-refractivity contribution in [3.8, 4) is 0 Å². The summed E-state index contributed by atoms with van der Waals surface area (Å²) in [7, 11) is -2.11. The Balaban J connectivity index is 2.22. The number of nitrogens with zero attached hydrogens (tertiary/aromatic N) is 2. The van der Waals surface area contributed by atoms with Gasteiger partial charge in [0.2, 0.25) is 15.9 Å². The molecule has 1 aliphatic rings. The van der Waals surface area contributed by atoms with Crippen LogP contribution in [-0.2, 0) is 14.8 Å². The standard InChI is InChI=1S/C14H19N3O3S/c1-3-14(18)17-10-8-16(9-11-17)12-6-4-5-7-13(12)21(19,20)15-2/h3-7,15H,1,8-11H2,2H3. The van der Waals surface area contributed by atoms with E-state index in [1.54, 1.807) is 23.1 Å². The van der Waals surface area contributed by atoms with Gasteiger partial charge >= 0.3 is 0 Å². The minimum atomic E-state index is -3.50. The molecule has 1 heterocycles. The number of carbonyl (C=O) groups excluding carboxylic acids is 1. The fourth-order valence-corrected chi connectivity index (χ4v) is 3.30. The molecule has 1 amide bonds. The van der Waals surface area contributed by atoms with Gasteiger partial charge in [0.05, 0.1) is 5.69 Å². The zero-order chi connectivity index (χ0) is 15.5. The monoisotopic (exact) mass is 309 g/mol. The van der Waals surface area contributed by atoms with Gasteiger partial charge in [0.15, 0.2) is 0 Å². The van der Waals surface area contributed by atoms with Crippen LogP contribution in [0.5, 0.6) is 0 Å². The Morgan fingerprint density at radius 3 is 2.43 bits per heavy atom. The number of anilines is 1. The number of amides is 1. The summed E-state index contributed by atoms with van der Waals surface area (Å²) in [4.78, 5) is 15.5. The average Bonchev–Trinajstić information content (AvgIpc) is 2.54. The van der Waals surface area contributed by atoms with Crippen molar-refractivity contribution >= 4 is 21.6 Å². The normalized spacial score (nSPS) is 15.9. The van der Waals surface area contributed by atoms with Crippen LogP contribution in [0.4, 0.5) is 5.69 Å². The van der Waals surface area contributed by atoms with E-state index in [0.29, 0.717) is 31.9 Å². The largest absolute Gasteiger partial charge is 0.367 e. The molecule has 114 valence electrons. The lowest BCUT2D eigenvalue weighted by atomic mass is 10.2. The molecule has 0 saturated carbocycles. The maximum absolute atomic E-state index is 12.1. The summed E-state index contributed by atoms with van der Waals surface area (Å²) >= 11 is 0. The van der Waals surface area contributed by atoms with Gasteiger partial charge in [0.1, 0.15) is 4.90 Å². The molecule has 1 aliphatic heterocycles. The molecule has 6 nitrogen and oxygen atoms in total. The van der Waals surface area contributed by atoms with Crippen molar-refractivity contribution in [3.05, 3.63) is 36.9 Å². The lowest BCUT2D eigenvalue weighted by molar-refractivity contribution is -0.126. The van der Waals surface area contributed by atoms with E-state index in [1.807, 2.05) is 11.0 Å². The van der Waals surface area contributed by atoms with Crippen LogP contribution in [0, 0.1) is 0 Å². The smallest absolute Gasteiger partial charge is 0.246 e. The summed E-state index contributed by atoms with van der Waals surface area (Å²) in [5, 5.41) is 0. The van der Waals surface area contributed by atoms with Gasteiger partial charge in [0.25, 0.3) is 0 Å². The van der Waals surface area contributed by atoms with Gasteiger partial charge in [-0.25, -0.2) is 13.1 Å². The molecule has 0 aromatic heterocycles. The summed E-state index contributed by atoms with van der Waals surface area (Å²) in [6.45, 7) is 5.77. The number of sulfonamides is 1. The maximum atomic E-state index is 12.1. The van der Waals surface area contributed by atoms with Crippen molar-refractivity contribution in [2.45, 2.75) is 4.90 Å². The van der Waals surface area contributed by atoms with E-state index in [2.05, 4.69) is 11.3 Å². The summed E-state index contributed by atoms with van der Waals surface area (Å²) in [6.07, 6.45) is 1.30. The number of para-hydroxylation sites is 1. The Hall–Kier alpha value is -1.86. The van der Waals surface area contributed by atoms with Gasteiger partial charge in [-0.05, 0) is 25.3 Å². The third-order valence-corrected chi connectivity index (χ3v) is 4.99. The topological polar surface area (TPSA) is 69.7 Å². The Labute approximate surface area is 125 Å². The molecule has 1 N–H and O–H groups in total. The van der Waals surface area contributed by atoms with Gasteiger partial charge in [-0.15, -0.1) is 0 Å². The zero-order valence-corrected chi connectivity index (χ0v) is 12.8. The van der Waals surface area contributed by atoms with Gasteiger partial charge in [-0.1, -0.05) is 18.7 Å². The fraction of sp³-hybridized carbons (Fsp3) is 0.357. The minimum absolute atomic E-state index is 0.0919. The minimum Gasteiger partial charge on any atom is -0.367 e. The van der Waals surface area contributed by atoms with Crippen LogP contribution in [0.2, 0.25) is 0 Å². The molecule has 1 saturated heterocycles. The summed E-state index contributed by atoms with van der Waals surface area (Å²) in [6, 6.07) is 6.88.